The van der Waals surface area contributed by atoms with E-state index in [2.05, 4.69) is 25.7 Å². The summed E-state index contributed by atoms with van der Waals surface area (Å²) < 4.78 is 41.5. The molecular formula is C15H11BrF3NO2. The molecule has 0 N–H and O–H groups in total. The number of rotatable bonds is 5. The lowest BCUT2D eigenvalue weighted by Gasteiger charge is -2.13. The third-order valence-corrected chi connectivity index (χ3v) is 3.30. The zero-order valence-electron chi connectivity index (χ0n) is 11.2. The van der Waals surface area contributed by atoms with Crippen LogP contribution in [0.2, 0.25) is 0 Å². The van der Waals surface area contributed by atoms with Crippen molar-refractivity contribution in [2.24, 2.45) is 0 Å². The van der Waals surface area contributed by atoms with Gasteiger partial charge in [-0.15, -0.1) is 13.2 Å². The van der Waals surface area contributed by atoms with Gasteiger partial charge in [-0.2, -0.15) is 0 Å². The van der Waals surface area contributed by atoms with Crippen LogP contribution in [-0.4, -0.2) is 17.1 Å². The summed E-state index contributed by atoms with van der Waals surface area (Å²) in [6.45, 7) is 0. The molecule has 0 atom stereocenters. The van der Waals surface area contributed by atoms with Crippen molar-refractivity contribution in [3.05, 3.63) is 58.3 Å². The van der Waals surface area contributed by atoms with Crippen molar-refractivity contribution in [2.75, 3.05) is 0 Å². The van der Waals surface area contributed by atoms with Crippen molar-refractivity contribution < 1.29 is 22.7 Å². The molecule has 0 fully saturated rings. The van der Waals surface area contributed by atoms with E-state index in [0.717, 1.165) is 6.07 Å². The fourth-order valence-electron chi connectivity index (χ4n) is 1.86. The maximum absolute atomic E-state index is 12.4. The van der Waals surface area contributed by atoms with E-state index in [4.69, 9.17) is 0 Å². The molecule has 0 saturated heterocycles. The number of carbonyl (C=O) groups is 1. The first kappa shape index (κ1) is 16.5. The molecule has 0 aliphatic rings. The summed E-state index contributed by atoms with van der Waals surface area (Å²) in [5, 5.41) is 0. The Morgan fingerprint density at radius 1 is 1.23 bits per heavy atom. The first-order chi connectivity index (χ1) is 10.3. The molecule has 1 aromatic heterocycles. The predicted octanol–water partition coefficient (Wildman–Crippen LogP) is 4.56. The predicted molar refractivity (Wildman–Crippen MR) is 77.7 cm³/mol. The normalized spacial score (nSPS) is 11.3. The monoisotopic (exact) mass is 373 g/mol. The van der Waals surface area contributed by atoms with Gasteiger partial charge in [0.1, 0.15) is 5.75 Å². The van der Waals surface area contributed by atoms with Gasteiger partial charge in [-0.3, -0.25) is 9.78 Å². The summed E-state index contributed by atoms with van der Waals surface area (Å²) in [4.78, 5) is 16.3. The molecule has 0 aliphatic carbocycles. The smallest absolute Gasteiger partial charge is 0.405 e. The fraction of sp³-hybridized carbons (Fsp3) is 0.200. The maximum atomic E-state index is 12.4. The average Bonchev–Trinajstić information content (AvgIpc) is 2.46. The average molecular weight is 374 g/mol. The summed E-state index contributed by atoms with van der Waals surface area (Å²) in [5.41, 5.74) is 0.590. The molecule has 1 heterocycles. The van der Waals surface area contributed by atoms with Crippen LogP contribution in [0.1, 0.15) is 22.5 Å². The number of Topliss-reactive ketones (excluding diaryl/α,β-unsaturated/α-hetero) is 1. The van der Waals surface area contributed by atoms with Gasteiger partial charge in [0.15, 0.2) is 5.78 Å². The molecule has 3 nitrogen and oxygen atoms in total. The van der Waals surface area contributed by atoms with Gasteiger partial charge in [0, 0.05) is 22.8 Å². The number of hydrogen-bond donors (Lipinski definition) is 0. The molecule has 0 unspecified atom stereocenters. The number of hydrogen-bond acceptors (Lipinski definition) is 3. The molecule has 1 aromatic carbocycles. The Bertz CT molecular complexity index is 660. The van der Waals surface area contributed by atoms with Crippen LogP contribution in [-0.2, 0) is 6.42 Å². The van der Waals surface area contributed by atoms with E-state index in [0.29, 0.717) is 16.6 Å². The Hall–Kier alpha value is -1.89. The van der Waals surface area contributed by atoms with E-state index < -0.39 is 17.9 Å². The maximum Gasteiger partial charge on any atom is 0.573 e. The van der Waals surface area contributed by atoms with Crippen LogP contribution in [0.25, 0.3) is 0 Å². The van der Waals surface area contributed by atoms with E-state index in [-0.39, 0.29) is 12.0 Å². The standard InChI is InChI=1S/C15H11BrF3NO2/c16-10-4-7-14(22-15(17,18)19)12(9-10)13(21)6-5-11-3-1-2-8-20-11/h1-4,7-9H,5-6H2. The minimum absolute atomic E-state index is 0.0433. The lowest BCUT2D eigenvalue weighted by Crippen LogP contribution is -2.19. The van der Waals surface area contributed by atoms with Gasteiger partial charge in [0.05, 0.1) is 5.56 Å². The summed E-state index contributed by atoms with van der Waals surface area (Å²) in [5.74, 6) is -0.937. The highest BCUT2D eigenvalue weighted by Gasteiger charge is 2.32. The molecule has 0 saturated carbocycles. The lowest BCUT2D eigenvalue weighted by molar-refractivity contribution is -0.274. The van der Waals surface area contributed by atoms with Crippen molar-refractivity contribution in [3.8, 4) is 5.75 Å². The Morgan fingerprint density at radius 2 is 2.00 bits per heavy atom. The Morgan fingerprint density at radius 3 is 2.64 bits per heavy atom. The van der Waals surface area contributed by atoms with Crippen molar-refractivity contribution >= 4 is 21.7 Å². The molecule has 0 spiro atoms. The van der Waals surface area contributed by atoms with Gasteiger partial charge in [-0.05, 0) is 36.8 Å². The zero-order valence-corrected chi connectivity index (χ0v) is 12.8. The molecule has 0 radical (unpaired) electrons. The number of pyridine rings is 1. The first-order valence-electron chi connectivity index (χ1n) is 6.33. The van der Waals surface area contributed by atoms with Crippen LogP contribution >= 0.6 is 15.9 Å². The molecule has 7 heteroatoms. The van der Waals surface area contributed by atoms with Crippen LogP contribution in [0.3, 0.4) is 0 Å². The number of ether oxygens (including phenoxy) is 1. The topological polar surface area (TPSA) is 39.2 Å². The van der Waals surface area contributed by atoms with Gasteiger partial charge in [0.2, 0.25) is 0 Å². The third kappa shape index (κ3) is 4.84. The summed E-state index contributed by atoms with van der Waals surface area (Å²) >= 11 is 3.14. The van der Waals surface area contributed by atoms with Gasteiger partial charge in [-0.25, -0.2) is 0 Å². The number of aromatic nitrogens is 1. The van der Waals surface area contributed by atoms with Crippen molar-refractivity contribution in [1.29, 1.82) is 0 Å². The second kappa shape index (κ2) is 6.91. The van der Waals surface area contributed by atoms with E-state index in [1.54, 1.807) is 24.4 Å². The Labute approximate surface area is 133 Å². The van der Waals surface area contributed by atoms with Gasteiger partial charge in [0.25, 0.3) is 0 Å². The Balaban J connectivity index is 2.16. The van der Waals surface area contributed by atoms with Gasteiger partial charge in [-0.1, -0.05) is 22.0 Å². The molecule has 22 heavy (non-hydrogen) atoms. The number of alkyl halides is 3. The van der Waals surface area contributed by atoms with Crippen LogP contribution in [0.15, 0.2) is 47.1 Å². The van der Waals surface area contributed by atoms with Crippen LogP contribution in [0, 0.1) is 0 Å². The number of carbonyl (C=O) groups excluding carboxylic acids is 1. The summed E-state index contributed by atoms with van der Waals surface area (Å²) in [6, 6.07) is 9.10. The molecule has 0 amide bonds. The van der Waals surface area contributed by atoms with Crippen LogP contribution in [0.4, 0.5) is 13.2 Å². The van der Waals surface area contributed by atoms with E-state index in [1.165, 1.54) is 12.1 Å². The number of nitrogens with zero attached hydrogens (tertiary/aromatic N) is 1. The highest BCUT2D eigenvalue weighted by Crippen LogP contribution is 2.29. The van der Waals surface area contributed by atoms with Crippen molar-refractivity contribution in [1.82, 2.24) is 4.98 Å². The fourth-order valence-corrected chi connectivity index (χ4v) is 2.22. The van der Waals surface area contributed by atoms with Crippen LogP contribution in [0.5, 0.6) is 5.75 Å². The van der Waals surface area contributed by atoms with Crippen molar-refractivity contribution in [3.63, 3.8) is 0 Å². The van der Waals surface area contributed by atoms with Crippen molar-refractivity contribution in [2.45, 2.75) is 19.2 Å². The summed E-state index contributed by atoms with van der Waals surface area (Å²) in [6.07, 6.45) is -2.86. The second-order valence-corrected chi connectivity index (χ2v) is 5.35. The van der Waals surface area contributed by atoms with E-state index in [1.807, 2.05) is 0 Å². The molecule has 0 aliphatic heterocycles. The number of benzene rings is 1. The minimum atomic E-state index is -4.84. The second-order valence-electron chi connectivity index (χ2n) is 4.43. The minimum Gasteiger partial charge on any atom is -0.405 e. The Kier molecular flexibility index (Phi) is 5.18. The number of halogens is 4. The van der Waals surface area contributed by atoms with E-state index >= 15 is 0 Å². The summed E-state index contributed by atoms with van der Waals surface area (Å²) in [7, 11) is 0. The van der Waals surface area contributed by atoms with Gasteiger partial charge < -0.3 is 4.74 Å². The number of ketones is 1. The highest BCUT2D eigenvalue weighted by atomic mass is 79.9. The zero-order chi connectivity index (χ0) is 16.2. The molecule has 0 bridgehead atoms. The molecule has 2 aromatic rings. The van der Waals surface area contributed by atoms with Gasteiger partial charge >= 0.3 is 6.36 Å². The number of aryl methyl sites for hydroxylation is 1. The molecule has 116 valence electrons. The SMILES string of the molecule is O=C(CCc1ccccn1)c1cc(Br)ccc1OC(F)(F)F. The molecular weight excluding hydrogens is 363 g/mol. The quantitative estimate of drug-likeness (QED) is 0.721. The molecule has 2 rings (SSSR count). The first-order valence-corrected chi connectivity index (χ1v) is 7.13. The van der Waals surface area contributed by atoms with Crippen LogP contribution < -0.4 is 4.74 Å². The van der Waals surface area contributed by atoms with E-state index in [9.17, 15) is 18.0 Å². The third-order valence-electron chi connectivity index (χ3n) is 2.80. The lowest BCUT2D eigenvalue weighted by atomic mass is 10.0. The largest absolute Gasteiger partial charge is 0.573 e. The highest BCUT2D eigenvalue weighted by molar-refractivity contribution is 9.10.